The molecule has 0 bridgehead atoms. The third-order valence-corrected chi connectivity index (χ3v) is 2.11. The second kappa shape index (κ2) is 5.94. The van der Waals surface area contributed by atoms with Gasteiger partial charge < -0.3 is 16.2 Å². The van der Waals surface area contributed by atoms with Crippen molar-refractivity contribution in [2.24, 2.45) is 11.7 Å². The quantitative estimate of drug-likeness (QED) is 0.562. The van der Waals surface area contributed by atoms with Gasteiger partial charge in [0.25, 0.3) is 0 Å². The van der Waals surface area contributed by atoms with Crippen molar-refractivity contribution in [2.75, 3.05) is 6.61 Å². The lowest BCUT2D eigenvalue weighted by atomic mass is 10.0. The first-order valence-corrected chi connectivity index (χ1v) is 4.69. The minimum Gasteiger partial charge on any atom is -0.394 e. The fourth-order valence-corrected chi connectivity index (χ4v) is 0.898. The highest BCUT2D eigenvalue weighted by Gasteiger charge is 2.18. The van der Waals surface area contributed by atoms with Crippen molar-refractivity contribution in [1.82, 2.24) is 5.32 Å². The molecule has 4 N–H and O–H groups in total. The van der Waals surface area contributed by atoms with E-state index in [4.69, 9.17) is 10.8 Å². The molecule has 0 spiro atoms. The SMILES string of the molecule is CC[C@H](N)C(=O)NC(CO)C(C)C. The average molecular weight is 188 g/mol. The number of carbonyl (C=O) groups excluding carboxylic acids is 1. The number of carbonyl (C=O) groups is 1. The standard InChI is InChI=1S/C9H20N2O2/c1-4-7(10)9(13)11-8(5-12)6(2)3/h6-8,12H,4-5,10H2,1-3H3,(H,11,13)/t7-,8?/m0/s1. The van der Waals surface area contributed by atoms with Crippen LogP contribution in [0.25, 0.3) is 0 Å². The Morgan fingerprint density at radius 1 is 1.54 bits per heavy atom. The maximum absolute atomic E-state index is 11.3. The fraction of sp³-hybridized carbons (Fsp3) is 0.889. The summed E-state index contributed by atoms with van der Waals surface area (Å²) in [7, 11) is 0. The van der Waals surface area contributed by atoms with Crippen molar-refractivity contribution in [3.63, 3.8) is 0 Å². The predicted octanol–water partition coefficient (Wildman–Crippen LogP) is -0.143. The molecule has 0 aliphatic carbocycles. The van der Waals surface area contributed by atoms with Crippen LogP contribution in [-0.2, 0) is 4.79 Å². The second-order valence-electron chi connectivity index (χ2n) is 3.56. The molecule has 0 aliphatic rings. The molecule has 0 rings (SSSR count). The molecule has 1 unspecified atom stereocenters. The van der Waals surface area contributed by atoms with Gasteiger partial charge in [-0.3, -0.25) is 4.79 Å². The van der Waals surface area contributed by atoms with Crippen molar-refractivity contribution in [3.05, 3.63) is 0 Å². The first-order chi connectivity index (χ1) is 6.02. The van der Waals surface area contributed by atoms with Gasteiger partial charge in [0.2, 0.25) is 5.91 Å². The van der Waals surface area contributed by atoms with Gasteiger partial charge in [0.05, 0.1) is 18.7 Å². The van der Waals surface area contributed by atoms with Crippen molar-refractivity contribution >= 4 is 5.91 Å². The van der Waals surface area contributed by atoms with E-state index in [1.807, 2.05) is 20.8 Å². The van der Waals surface area contributed by atoms with Crippen molar-refractivity contribution < 1.29 is 9.90 Å². The molecular weight excluding hydrogens is 168 g/mol. The zero-order chi connectivity index (χ0) is 10.4. The van der Waals surface area contributed by atoms with E-state index in [-0.39, 0.29) is 24.5 Å². The van der Waals surface area contributed by atoms with E-state index >= 15 is 0 Å². The van der Waals surface area contributed by atoms with Crippen LogP contribution < -0.4 is 11.1 Å². The van der Waals surface area contributed by atoms with Crippen LogP contribution in [0.2, 0.25) is 0 Å². The van der Waals surface area contributed by atoms with E-state index in [9.17, 15) is 4.79 Å². The minimum absolute atomic E-state index is 0.0418. The number of hydrogen-bond acceptors (Lipinski definition) is 3. The van der Waals surface area contributed by atoms with E-state index in [2.05, 4.69) is 5.32 Å². The number of nitrogens with two attached hydrogens (primary N) is 1. The number of aliphatic hydroxyl groups is 1. The molecule has 13 heavy (non-hydrogen) atoms. The van der Waals surface area contributed by atoms with Crippen molar-refractivity contribution in [3.8, 4) is 0 Å². The summed E-state index contributed by atoms with van der Waals surface area (Å²) in [6.45, 7) is 5.70. The lowest BCUT2D eigenvalue weighted by Gasteiger charge is -2.21. The number of aliphatic hydroxyl groups excluding tert-OH is 1. The van der Waals surface area contributed by atoms with Crippen LogP contribution in [0.3, 0.4) is 0 Å². The lowest BCUT2D eigenvalue weighted by Crippen LogP contribution is -2.48. The Balaban J connectivity index is 4.01. The summed E-state index contributed by atoms with van der Waals surface area (Å²) in [6.07, 6.45) is 0.613. The summed E-state index contributed by atoms with van der Waals surface area (Å²) in [5, 5.41) is 11.6. The first kappa shape index (κ1) is 12.4. The molecule has 0 fully saturated rings. The zero-order valence-electron chi connectivity index (χ0n) is 8.58. The van der Waals surface area contributed by atoms with Gasteiger partial charge in [-0.2, -0.15) is 0 Å². The third kappa shape index (κ3) is 4.24. The molecule has 78 valence electrons. The van der Waals surface area contributed by atoms with Gasteiger partial charge >= 0.3 is 0 Å². The van der Waals surface area contributed by atoms with E-state index in [1.165, 1.54) is 0 Å². The van der Waals surface area contributed by atoms with Crippen molar-refractivity contribution in [1.29, 1.82) is 0 Å². The predicted molar refractivity (Wildman–Crippen MR) is 52.1 cm³/mol. The topological polar surface area (TPSA) is 75.4 Å². The smallest absolute Gasteiger partial charge is 0.237 e. The molecule has 1 amide bonds. The molecule has 0 radical (unpaired) electrons. The summed E-state index contributed by atoms with van der Waals surface area (Å²) in [6, 6.07) is -0.655. The molecule has 0 saturated carbocycles. The summed E-state index contributed by atoms with van der Waals surface area (Å²) in [4.78, 5) is 11.3. The summed E-state index contributed by atoms with van der Waals surface area (Å²) in [5.74, 6) is 0.0354. The Bertz CT molecular complexity index is 160. The molecule has 0 aromatic rings. The molecule has 0 heterocycles. The van der Waals surface area contributed by atoms with Gasteiger partial charge in [-0.15, -0.1) is 0 Å². The Morgan fingerprint density at radius 2 is 2.08 bits per heavy atom. The average Bonchev–Trinajstić information content (AvgIpc) is 2.11. The van der Waals surface area contributed by atoms with Crippen LogP contribution in [-0.4, -0.2) is 29.7 Å². The van der Waals surface area contributed by atoms with E-state index in [1.54, 1.807) is 0 Å². The first-order valence-electron chi connectivity index (χ1n) is 4.69. The Kier molecular flexibility index (Phi) is 5.66. The van der Waals surface area contributed by atoms with E-state index in [0.717, 1.165) is 0 Å². The van der Waals surface area contributed by atoms with Crippen LogP contribution in [0, 0.1) is 5.92 Å². The van der Waals surface area contributed by atoms with Gasteiger partial charge in [-0.25, -0.2) is 0 Å². The van der Waals surface area contributed by atoms with Crippen LogP contribution >= 0.6 is 0 Å². The highest BCUT2D eigenvalue weighted by Crippen LogP contribution is 2.00. The molecule has 0 aromatic heterocycles. The number of rotatable bonds is 5. The molecule has 0 aromatic carbocycles. The maximum atomic E-state index is 11.3. The van der Waals surface area contributed by atoms with Gasteiger partial charge in [-0.05, 0) is 12.3 Å². The Morgan fingerprint density at radius 3 is 2.38 bits per heavy atom. The van der Waals surface area contributed by atoms with Gasteiger partial charge in [-0.1, -0.05) is 20.8 Å². The largest absolute Gasteiger partial charge is 0.394 e. The zero-order valence-corrected chi connectivity index (χ0v) is 8.58. The maximum Gasteiger partial charge on any atom is 0.237 e. The monoisotopic (exact) mass is 188 g/mol. The summed E-state index contributed by atoms with van der Waals surface area (Å²) >= 11 is 0. The molecular formula is C9H20N2O2. The molecule has 0 aliphatic heterocycles. The van der Waals surface area contributed by atoms with Crippen LogP contribution in [0.1, 0.15) is 27.2 Å². The van der Waals surface area contributed by atoms with Crippen molar-refractivity contribution in [2.45, 2.75) is 39.3 Å². The normalized spacial score (nSPS) is 15.5. The fourth-order valence-electron chi connectivity index (χ4n) is 0.898. The molecule has 2 atom stereocenters. The number of nitrogens with one attached hydrogen (secondary N) is 1. The van der Waals surface area contributed by atoms with Gasteiger partial charge in [0, 0.05) is 0 Å². The highest BCUT2D eigenvalue weighted by atomic mass is 16.3. The molecule has 4 heteroatoms. The van der Waals surface area contributed by atoms with E-state index in [0.29, 0.717) is 6.42 Å². The second-order valence-corrected chi connectivity index (χ2v) is 3.56. The van der Waals surface area contributed by atoms with Crippen LogP contribution in [0.4, 0.5) is 0 Å². The number of amides is 1. The third-order valence-electron chi connectivity index (χ3n) is 2.11. The lowest BCUT2D eigenvalue weighted by molar-refractivity contribution is -0.123. The van der Waals surface area contributed by atoms with Crippen LogP contribution in [0.5, 0.6) is 0 Å². The molecule has 4 nitrogen and oxygen atoms in total. The molecule has 0 saturated heterocycles. The highest BCUT2D eigenvalue weighted by molar-refractivity contribution is 5.81. The van der Waals surface area contributed by atoms with E-state index < -0.39 is 6.04 Å². The van der Waals surface area contributed by atoms with Crippen LogP contribution in [0.15, 0.2) is 0 Å². The minimum atomic E-state index is -0.465. The van der Waals surface area contributed by atoms with Gasteiger partial charge in [0.1, 0.15) is 0 Å². The van der Waals surface area contributed by atoms with Gasteiger partial charge in [0.15, 0.2) is 0 Å². The number of hydrogen-bond donors (Lipinski definition) is 3. The summed E-state index contributed by atoms with van der Waals surface area (Å²) < 4.78 is 0. The Hall–Kier alpha value is -0.610. The Labute approximate surface area is 79.5 Å². The summed E-state index contributed by atoms with van der Waals surface area (Å²) in [5.41, 5.74) is 5.53.